The summed E-state index contributed by atoms with van der Waals surface area (Å²) in [5, 5.41) is 6.71. The molecule has 0 aromatic carbocycles. The zero-order chi connectivity index (χ0) is 17.0. The number of nitrogens with zero attached hydrogens (tertiary/aromatic N) is 1. The van der Waals surface area contributed by atoms with Crippen molar-refractivity contribution in [1.82, 2.24) is 10.6 Å². The van der Waals surface area contributed by atoms with Gasteiger partial charge in [0.05, 0.1) is 0 Å². The molecule has 1 heterocycles. The molecule has 0 unspecified atom stereocenters. The van der Waals surface area contributed by atoms with Crippen molar-refractivity contribution in [3.63, 3.8) is 0 Å². The highest BCUT2D eigenvalue weighted by molar-refractivity contribution is 14.0. The summed E-state index contributed by atoms with van der Waals surface area (Å²) in [5.74, 6) is 1.58. The van der Waals surface area contributed by atoms with Gasteiger partial charge in [-0.05, 0) is 43.4 Å². The third kappa shape index (κ3) is 13.2. The van der Waals surface area contributed by atoms with E-state index in [1.807, 2.05) is 7.05 Å². The molecule has 2 N–H and O–H groups in total. The van der Waals surface area contributed by atoms with Gasteiger partial charge in [-0.2, -0.15) is 0 Å². The highest BCUT2D eigenvalue weighted by Crippen LogP contribution is 2.19. The highest BCUT2D eigenvalue weighted by Gasteiger charge is 2.13. The fraction of sp³-hybridized carbons (Fsp3) is 0.944. The minimum absolute atomic E-state index is 0. The molecule has 24 heavy (non-hydrogen) atoms. The Hall–Kier alpha value is -0.0800. The Kier molecular flexibility index (Phi) is 14.1. The van der Waals surface area contributed by atoms with E-state index < -0.39 is 0 Å². The normalized spacial score (nSPS) is 16.6. The molecule has 1 aliphatic rings. The maximum atomic E-state index is 5.77. The molecule has 1 rings (SSSR count). The molecule has 0 bridgehead atoms. The van der Waals surface area contributed by atoms with Crippen molar-refractivity contribution in [3.8, 4) is 0 Å². The average molecular weight is 455 g/mol. The number of rotatable bonds is 9. The molecule has 5 nitrogen and oxygen atoms in total. The van der Waals surface area contributed by atoms with E-state index in [1.165, 1.54) is 12.8 Å². The van der Waals surface area contributed by atoms with Gasteiger partial charge in [-0.15, -0.1) is 24.0 Å². The van der Waals surface area contributed by atoms with Crippen LogP contribution in [0.5, 0.6) is 0 Å². The number of nitrogens with one attached hydrogen (secondary N) is 2. The van der Waals surface area contributed by atoms with E-state index in [-0.39, 0.29) is 24.0 Å². The Labute approximate surface area is 165 Å². The van der Waals surface area contributed by atoms with Crippen LogP contribution >= 0.6 is 24.0 Å². The van der Waals surface area contributed by atoms with E-state index in [9.17, 15) is 0 Å². The van der Waals surface area contributed by atoms with Crippen molar-refractivity contribution >= 4 is 29.9 Å². The fourth-order valence-corrected chi connectivity index (χ4v) is 2.59. The Balaban J connectivity index is 0.00000529. The van der Waals surface area contributed by atoms with Crippen molar-refractivity contribution in [2.45, 2.75) is 52.9 Å². The summed E-state index contributed by atoms with van der Waals surface area (Å²) < 4.78 is 11.1. The van der Waals surface area contributed by atoms with E-state index in [1.54, 1.807) is 0 Å². The van der Waals surface area contributed by atoms with Crippen molar-refractivity contribution in [2.24, 2.45) is 16.3 Å². The van der Waals surface area contributed by atoms with Gasteiger partial charge < -0.3 is 20.1 Å². The fourth-order valence-electron chi connectivity index (χ4n) is 2.59. The smallest absolute Gasteiger partial charge is 0.190 e. The molecule has 0 radical (unpaired) electrons. The third-order valence-electron chi connectivity index (χ3n) is 4.07. The summed E-state index contributed by atoms with van der Waals surface area (Å²) >= 11 is 0. The van der Waals surface area contributed by atoms with Crippen molar-refractivity contribution in [3.05, 3.63) is 0 Å². The van der Waals surface area contributed by atoms with Crippen molar-refractivity contribution in [2.75, 3.05) is 46.6 Å². The number of halogens is 1. The van der Waals surface area contributed by atoms with Crippen LogP contribution in [0.15, 0.2) is 4.99 Å². The van der Waals surface area contributed by atoms with Gasteiger partial charge in [0.1, 0.15) is 0 Å². The van der Waals surface area contributed by atoms with E-state index in [4.69, 9.17) is 9.47 Å². The Morgan fingerprint density at radius 2 is 1.75 bits per heavy atom. The third-order valence-corrected chi connectivity index (χ3v) is 4.07. The van der Waals surface area contributed by atoms with Gasteiger partial charge >= 0.3 is 0 Å². The lowest BCUT2D eigenvalue weighted by Gasteiger charge is -2.21. The summed E-state index contributed by atoms with van der Waals surface area (Å²) in [4.78, 5) is 4.25. The lowest BCUT2D eigenvalue weighted by Crippen LogP contribution is -2.38. The molecule has 0 aromatic rings. The zero-order valence-electron chi connectivity index (χ0n) is 16.0. The number of aliphatic imine (C=N–C) groups is 1. The molecular weight excluding hydrogens is 417 g/mol. The first-order valence-electron chi connectivity index (χ1n) is 9.11. The van der Waals surface area contributed by atoms with Gasteiger partial charge in [-0.1, -0.05) is 20.8 Å². The predicted molar refractivity (Wildman–Crippen MR) is 112 cm³/mol. The molecule has 1 saturated heterocycles. The van der Waals surface area contributed by atoms with Gasteiger partial charge in [0, 0.05) is 46.6 Å². The minimum atomic E-state index is 0. The molecule has 0 amide bonds. The van der Waals surface area contributed by atoms with Crippen LogP contribution in [0.3, 0.4) is 0 Å². The summed E-state index contributed by atoms with van der Waals surface area (Å²) in [7, 11) is 1.82. The summed E-state index contributed by atoms with van der Waals surface area (Å²) in [5.41, 5.74) is 0.403. The van der Waals surface area contributed by atoms with E-state index >= 15 is 0 Å². The van der Waals surface area contributed by atoms with Crippen LogP contribution in [0, 0.1) is 11.3 Å². The van der Waals surface area contributed by atoms with Crippen LogP contribution in [-0.2, 0) is 9.47 Å². The minimum Gasteiger partial charge on any atom is -0.381 e. The van der Waals surface area contributed by atoms with Crippen LogP contribution in [-0.4, -0.2) is 52.5 Å². The monoisotopic (exact) mass is 455 g/mol. The standard InChI is InChI=1S/C18H37N3O2.HI/c1-18(2,3)9-5-10-20-17(19-4)21-11-6-12-23-15-16-7-13-22-14-8-16;/h16H,5-15H2,1-4H3,(H2,19,20,21);1H. The van der Waals surface area contributed by atoms with Gasteiger partial charge in [0.15, 0.2) is 5.96 Å². The molecule has 1 fully saturated rings. The molecular formula is C18H38IN3O2. The topological polar surface area (TPSA) is 54.9 Å². The average Bonchev–Trinajstić information content (AvgIpc) is 2.52. The second-order valence-corrected chi connectivity index (χ2v) is 7.57. The maximum absolute atomic E-state index is 5.77. The summed E-state index contributed by atoms with van der Waals surface area (Å²) in [6.07, 6.45) is 5.67. The van der Waals surface area contributed by atoms with Gasteiger partial charge in [0.2, 0.25) is 0 Å². The van der Waals surface area contributed by atoms with Gasteiger partial charge in [-0.25, -0.2) is 0 Å². The van der Waals surface area contributed by atoms with Gasteiger partial charge in [-0.3, -0.25) is 4.99 Å². The highest BCUT2D eigenvalue weighted by atomic mass is 127. The number of ether oxygens (including phenoxy) is 2. The van der Waals surface area contributed by atoms with E-state index in [0.29, 0.717) is 11.3 Å². The van der Waals surface area contributed by atoms with E-state index in [2.05, 4.69) is 36.4 Å². The predicted octanol–water partition coefficient (Wildman–Crippen LogP) is 3.43. The van der Waals surface area contributed by atoms with Gasteiger partial charge in [0.25, 0.3) is 0 Å². The van der Waals surface area contributed by atoms with Crippen molar-refractivity contribution < 1.29 is 9.47 Å². The van der Waals surface area contributed by atoms with E-state index in [0.717, 1.165) is 64.7 Å². The summed E-state index contributed by atoms with van der Waals surface area (Å²) in [6.45, 7) is 12.2. The molecule has 6 heteroatoms. The second kappa shape index (κ2) is 14.1. The molecule has 0 aromatic heterocycles. The molecule has 0 atom stereocenters. The number of hydrogen-bond donors (Lipinski definition) is 2. The first-order valence-corrected chi connectivity index (χ1v) is 9.11. The quantitative estimate of drug-likeness (QED) is 0.242. The molecule has 0 spiro atoms. The van der Waals surface area contributed by atoms with Crippen LogP contribution in [0.25, 0.3) is 0 Å². The van der Waals surface area contributed by atoms with Crippen LogP contribution in [0.1, 0.15) is 52.9 Å². The van der Waals surface area contributed by atoms with Crippen molar-refractivity contribution in [1.29, 1.82) is 0 Å². The van der Waals surface area contributed by atoms with Crippen LogP contribution in [0.2, 0.25) is 0 Å². The SMILES string of the molecule is CN=C(NCCCOCC1CCOCC1)NCCCC(C)(C)C.I. The first kappa shape index (κ1) is 23.9. The number of hydrogen-bond acceptors (Lipinski definition) is 3. The largest absolute Gasteiger partial charge is 0.381 e. The Morgan fingerprint density at radius 3 is 2.33 bits per heavy atom. The lowest BCUT2D eigenvalue weighted by molar-refractivity contribution is 0.0203. The molecule has 144 valence electrons. The maximum Gasteiger partial charge on any atom is 0.190 e. The summed E-state index contributed by atoms with van der Waals surface area (Å²) in [6, 6.07) is 0. The Bertz CT molecular complexity index is 327. The molecule has 0 saturated carbocycles. The first-order chi connectivity index (χ1) is 11.0. The molecule has 1 aliphatic heterocycles. The Morgan fingerprint density at radius 1 is 1.12 bits per heavy atom. The molecule has 0 aliphatic carbocycles. The van der Waals surface area contributed by atoms with Crippen LogP contribution < -0.4 is 10.6 Å². The zero-order valence-corrected chi connectivity index (χ0v) is 18.4. The number of guanidine groups is 1. The van der Waals surface area contributed by atoms with Crippen LogP contribution in [0.4, 0.5) is 0 Å². The lowest BCUT2D eigenvalue weighted by atomic mass is 9.91. The second-order valence-electron chi connectivity index (χ2n) is 7.57.